The first-order valence-corrected chi connectivity index (χ1v) is 42.5. The Balaban J connectivity index is 5.25. The Bertz CT molecular complexity index is 1860. The highest BCUT2D eigenvalue weighted by Crippen LogP contribution is 2.45. The Morgan fingerprint density at radius 3 is 0.747 bits per heavy atom. The molecule has 0 aliphatic carbocycles. The molecule has 564 valence electrons. The van der Waals surface area contributed by atoms with Crippen molar-refractivity contribution >= 4 is 39.5 Å². The molecule has 0 saturated heterocycles. The molecule has 0 heterocycles. The van der Waals surface area contributed by atoms with Gasteiger partial charge in [-0.15, -0.1) is 0 Å². The molecule has 0 aromatic rings. The van der Waals surface area contributed by atoms with Crippen molar-refractivity contribution in [3.05, 3.63) is 0 Å². The summed E-state index contributed by atoms with van der Waals surface area (Å²) in [7, 11) is -9.91. The Kier molecular flexibility index (Phi) is 65.2. The van der Waals surface area contributed by atoms with E-state index in [1.165, 1.54) is 193 Å². The second kappa shape index (κ2) is 66.6. The average Bonchev–Trinajstić information content (AvgIpc) is 1.49. The number of carbonyl (C=O) groups excluding carboxylic acids is 4. The van der Waals surface area contributed by atoms with E-state index in [0.29, 0.717) is 25.7 Å². The first-order valence-electron chi connectivity index (χ1n) is 39.5. The molecule has 0 rings (SSSR count). The first kappa shape index (κ1) is 93.1. The minimum absolute atomic E-state index is 0.104. The van der Waals surface area contributed by atoms with Crippen LogP contribution in [0.3, 0.4) is 0 Å². The summed E-state index contributed by atoms with van der Waals surface area (Å²) in [5.74, 6) is 0.189. The van der Waals surface area contributed by atoms with Crippen molar-refractivity contribution in [1.82, 2.24) is 0 Å². The molecule has 0 radical (unpaired) electrons. The van der Waals surface area contributed by atoms with Crippen molar-refractivity contribution in [3.8, 4) is 0 Å². The zero-order valence-corrected chi connectivity index (χ0v) is 63.9. The molecule has 5 unspecified atom stereocenters. The van der Waals surface area contributed by atoms with Gasteiger partial charge in [0.1, 0.15) is 19.3 Å². The Morgan fingerprint density at radius 1 is 0.295 bits per heavy atom. The molecule has 0 spiro atoms. The summed E-state index contributed by atoms with van der Waals surface area (Å²) in [5.41, 5.74) is 0. The fourth-order valence-corrected chi connectivity index (χ4v) is 13.1. The van der Waals surface area contributed by atoms with Gasteiger partial charge in [0.2, 0.25) is 0 Å². The Morgan fingerprint density at radius 2 is 0.505 bits per heavy atom. The second-order valence-electron chi connectivity index (χ2n) is 28.1. The first-order chi connectivity index (χ1) is 45.8. The molecule has 0 amide bonds. The van der Waals surface area contributed by atoms with E-state index < -0.39 is 97.5 Å². The highest BCUT2D eigenvalue weighted by atomic mass is 31.2. The monoisotopic (exact) mass is 1400 g/mol. The number of ether oxygens (including phenoxy) is 4. The van der Waals surface area contributed by atoms with Crippen LogP contribution >= 0.6 is 15.6 Å². The number of aliphatic hydroxyl groups is 1. The summed E-state index contributed by atoms with van der Waals surface area (Å²) in [6.45, 7) is 11.9. The molecular weight excluding hydrogens is 1250 g/mol. The maximum atomic E-state index is 13.1. The number of phosphoric acid groups is 2. The van der Waals surface area contributed by atoms with Gasteiger partial charge in [-0.3, -0.25) is 37.3 Å². The molecule has 0 aliphatic heterocycles. The van der Waals surface area contributed by atoms with Crippen LogP contribution in [0.2, 0.25) is 0 Å². The fraction of sp³-hybridized carbons (Fsp3) is 0.947. The molecule has 17 nitrogen and oxygen atoms in total. The zero-order valence-electron chi connectivity index (χ0n) is 62.1. The van der Waals surface area contributed by atoms with Gasteiger partial charge in [-0.05, 0) is 43.4 Å². The smallest absolute Gasteiger partial charge is 0.462 e. The molecule has 0 fully saturated rings. The maximum absolute atomic E-state index is 13.1. The molecule has 8 atom stereocenters. The third-order valence-electron chi connectivity index (χ3n) is 18.7. The predicted molar refractivity (Wildman–Crippen MR) is 386 cm³/mol. The van der Waals surface area contributed by atoms with Gasteiger partial charge in [0.05, 0.1) is 26.4 Å². The third kappa shape index (κ3) is 66.4. The van der Waals surface area contributed by atoms with E-state index in [2.05, 4.69) is 48.5 Å². The minimum Gasteiger partial charge on any atom is -0.462 e. The standard InChI is InChI=1S/C76H148O17P2/c1-8-12-13-14-15-16-17-18-19-20-21-22-23-24-25-30-36-45-52-59-75(80)92-71(63-86-73(78)57-50-43-35-29-27-26-28-33-40-47-54-67(5)9-2)65-90-94(82,83)88-61-70(77)62-89-95(84,85)91-66-72(64-87-74(79)58-51-44-39-38-42-49-56-69(7)11-4)93-76(81)60-53-46-37-32-31-34-41-48-55-68(6)10-3/h67-72,77H,8-66H2,1-7H3,(H,82,83)(H,84,85)/t67?,68?,69?,70-,71-,72-/m1/s1. The van der Waals surface area contributed by atoms with Crippen molar-refractivity contribution in [2.45, 2.75) is 407 Å². The quantitative estimate of drug-likeness (QED) is 0.0222. The van der Waals surface area contributed by atoms with Crippen molar-refractivity contribution in [1.29, 1.82) is 0 Å². The van der Waals surface area contributed by atoms with Gasteiger partial charge in [0.25, 0.3) is 0 Å². The van der Waals surface area contributed by atoms with Crippen LogP contribution in [0.4, 0.5) is 0 Å². The summed E-state index contributed by atoms with van der Waals surface area (Å²) >= 11 is 0. The van der Waals surface area contributed by atoms with E-state index in [0.717, 1.165) is 114 Å². The summed E-state index contributed by atoms with van der Waals surface area (Å²) < 4.78 is 68.5. The summed E-state index contributed by atoms with van der Waals surface area (Å²) in [5, 5.41) is 10.6. The predicted octanol–water partition coefficient (Wildman–Crippen LogP) is 22.2. The Labute approximate surface area is 581 Å². The van der Waals surface area contributed by atoms with Gasteiger partial charge in [-0.2, -0.15) is 0 Å². The van der Waals surface area contributed by atoms with Crippen molar-refractivity contribution < 1.29 is 80.2 Å². The van der Waals surface area contributed by atoms with E-state index in [9.17, 15) is 43.2 Å². The maximum Gasteiger partial charge on any atom is 0.472 e. The average molecular weight is 1400 g/mol. The van der Waals surface area contributed by atoms with Gasteiger partial charge in [0, 0.05) is 25.7 Å². The second-order valence-corrected chi connectivity index (χ2v) is 31.0. The molecule has 0 aliphatic rings. The van der Waals surface area contributed by atoms with Crippen molar-refractivity contribution in [3.63, 3.8) is 0 Å². The number of unbranched alkanes of at least 4 members (excludes halogenated alkanes) is 39. The highest BCUT2D eigenvalue weighted by molar-refractivity contribution is 7.47. The number of carbonyl (C=O) groups is 4. The van der Waals surface area contributed by atoms with E-state index >= 15 is 0 Å². The summed E-state index contributed by atoms with van der Waals surface area (Å²) in [6.07, 6.45) is 52.7. The molecule has 19 heteroatoms. The van der Waals surface area contributed by atoms with Gasteiger partial charge in [0.15, 0.2) is 12.2 Å². The van der Waals surface area contributed by atoms with Crippen LogP contribution in [-0.2, 0) is 65.4 Å². The fourth-order valence-electron chi connectivity index (χ4n) is 11.5. The normalized spacial score (nSPS) is 14.9. The third-order valence-corrected chi connectivity index (χ3v) is 20.6. The van der Waals surface area contributed by atoms with E-state index in [1.54, 1.807) is 0 Å². The molecule has 3 N–H and O–H groups in total. The van der Waals surface area contributed by atoms with Crippen LogP contribution in [0.25, 0.3) is 0 Å². The SMILES string of the molecule is CCCCCCCCCCCCCCCCCCCCCC(=O)O[C@H](COC(=O)CCCCCCCCCCCCC(C)CC)COP(=O)(O)OC[C@@H](O)COP(=O)(O)OC[C@@H](COC(=O)CCCCCCCCC(C)CC)OC(=O)CCCCCCCCCCC(C)CC. The van der Waals surface area contributed by atoms with Gasteiger partial charge in [-0.25, -0.2) is 9.13 Å². The van der Waals surface area contributed by atoms with Gasteiger partial charge in [-0.1, -0.05) is 337 Å². The van der Waals surface area contributed by atoms with Crippen LogP contribution in [-0.4, -0.2) is 96.7 Å². The van der Waals surface area contributed by atoms with E-state index in [-0.39, 0.29) is 25.7 Å². The van der Waals surface area contributed by atoms with E-state index in [1.807, 2.05) is 0 Å². The summed E-state index contributed by atoms with van der Waals surface area (Å²) in [6, 6.07) is 0. The molecule has 0 saturated carbocycles. The number of esters is 4. The highest BCUT2D eigenvalue weighted by Gasteiger charge is 2.30. The number of hydrogen-bond donors (Lipinski definition) is 3. The van der Waals surface area contributed by atoms with Crippen LogP contribution in [0.5, 0.6) is 0 Å². The zero-order chi connectivity index (χ0) is 70.1. The van der Waals surface area contributed by atoms with Gasteiger partial charge >= 0.3 is 39.5 Å². The van der Waals surface area contributed by atoms with Crippen molar-refractivity contribution in [2.24, 2.45) is 17.8 Å². The largest absolute Gasteiger partial charge is 0.472 e. The van der Waals surface area contributed by atoms with Crippen LogP contribution in [0.15, 0.2) is 0 Å². The van der Waals surface area contributed by atoms with Crippen LogP contribution < -0.4 is 0 Å². The van der Waals surface area contributed by atoms with Crippen molar-refractivity contribution in [2.75, 3.05) is 39.6 Å². The van der Waals surface area contributed by atoms with Gasteiger partial charge < -0.3 is 33.8 Å². The Hall–Kier alpha value is -1.94. The number of aliphatic hydroxyl groups excluding tert-OH is 1. The van der Waals surface area contributed by atoms with Crippen LogP contribution in [0, 0.1) is 17.8 Å². The lowest BCUT2D eigenvalue weighted by Crippen LogP contribution is -2.30. The summed E-state index contributed by atoms with van der Waals surface area (Å²) in [4.78, 5) is 72.8. The molecular formula is C76H148O17P2. The number of phosphoric ester groups is 2. The lowest BCUT2D eigenvalue weighted by molar-refractivity contribution is -0.161. The molecule has 0 aromatic carbocycles. The topological polar surface area (TPSA) is 237 Å². The lowest BCUT2D eigenvalue weighted by atomic mass is 9.99. The lowest BCUT2D eigenvalue weighted by Gasteiger charge is -2.21. The molecule has 0 bridgehead atoms. The minimum atomic E-state index is -4.96. The number of rotatable bonds is 74. The molecule has 0 aromatic heterocycles. The molecule has 95 heavy (non-hydrogen) atoms. The number of hydrogen-bond acceptors (Lipinski definition) is 15. The van der Waals surface area contributed by atoms with E-state index in [4.69, 9.17) is 37.0 Å². The van der Waals surface area contributed by atoms with Crippen LogP contribution in [0.1, 0.15) is 389 Å².